The molecular weight excluding hydrogens is 272 g/mol. The highest BCUT2D eigenvalue weighted by Crippen LogP contribution is 1.92. The highest BCUT2D eigenvalue weighted by Gasteiger charge is 2.11. The molecule has 0 aliphatic carbocycles. The molecule has 0 saturated heterocycles. The van der Waals surface area contributed by atoms with Crippen molar-refractivity contribution in [3.05, 3.63) is 0 Å². The Balaban J connectivity index is 4.02. The van der Waals surface area contributed by atoms with Crippen molar-refractivity contribution in [2.75, 3.05) is 52.5 Å². The van der Waals surface area contributed by atoms with E-state index in [1.165, 1.54) is 9.80 Å². The summed E-state index contributed by atoms with van der Waals surface area (Å²) in [5, 5.41) is 0. The Morgan fingerprint density at radius 2 is 1.24 bits per heavy atom. The van der Waals surface area contributed by atoms with Crippen LogP contribution in [0.25, 0.3) is 0 Å². The minimum atomic E-state index is -0.420. The lowest BCUT2D eigenvalue weighted by Crippen LogP contribution is -2.38. The standard InChI is InChI=1S/C14H22N4O3/c1-3-13(19)17(7-5-15)9-11-21-12-10-18(8-6-16)14(20)4-2/h1-2H,5-12,15-16H2. The zero-order valence-corrected chi connectivity index (χ0v) is 12.1. The van der Waals surface area contributed by atoms with Crippen molar-refractivity contribution >= 4 is 11.8 Å². The van der Waals surface area contributed by atoms with Crippen LogP contribution < -0.4 is 11.5 Å². The first-order chi connectivity index (χ1) is 10.1. The Hall–Kier alpha value is -2.06. The molecule has 0 aromatic rings. The number of ether oxygens (including phenoxy) is 1. The fraction of sp³-hybridized carbons (Fsp3) is 0.571. The summed E-state index contributed by atoms with van der Waals surface area (Å²) in [5.41, 5.74) is 10.8. The Morgan fingerprint density at radius 3 is 1.52 bits per heavy atom. The number of carbonyl (C=O) groups excluding carboxylic acids is 2. The Morgan fingerprint density at radius 1 is 0.857 bits per heavy atom. The van der Waals surface area contributed by atoms with Gasteiger partial charge in [-0.1, -0.05) is 0 Å². The van der Waals surface area contributed by atoms with Crippen molar-refractivity contribution in [2.24, 2.45) is 11.5 Å². The van der Waals surface area contributed by atoms with Gasteiger partial charge in [0.1, 0.15) is 0 Å². The van der Waals surface area contributed by atoms with Crippen LogP contribution in [0.5, 0.6) is 0 Å². The molecule has 21 heavy (non-hydrogen) atoms. The molecule has 0 fully saturated rings. The normalized spacial score (nSPS) is 9.52. The molecule has 0 bridgehead atoms. The molecule has 4 N–H and O–H groups in total. The third kappa shape index (κ3) is 7.95. The second-order valence-electron chi connectivity index (χ2n) is 4.06. The fourth-order valence-electron chi connectivity index (χ4n) is 1.58. The van der Waals surface area contributed by atoms with Crippen molar-refractivity contribution in [3.63, 3.8) is 0 Å². The average molecular weight is 294 g/mol. The summed E-state index contributed by atoms with van der Waals surface area (Å²) in [6.45, 7) is 2.70. The molecule has 0 spiro atoms. The monoisotopic (exact) mass is 294 g/mol. The van der Waals surface area contributed by atoms with Gasteiger partial charge < -0.3 is 26.0 Å². The van der Waals surface area contributed by atoms with E-state index < -0.39 is 11.8 Å². The zero-order valence-electron chi connectivity index (χ0n) is 12.1. The molecule has 0 heterocycles. The van der Waals surface area contributed by atoms with Gasteiger partial charge in [0.25, 0.3) is 11.8 Å². The lowest BCUT2D eigenvalue weighted by molar-refractivity contribution is -0.126. The summed E-state index contributed by atoms with van der Waals surface area (Å²) < 4.78 is 5.37. The van der Waals surface area contributed by atoms with E-state index >= 15 is 0 Å². The smallest absolute Gasteiger partial charge is 0.298 e. The average Bonchev–Trinajstić information content (AvgIpc) is 2.50. The molecule has 0 aliphatic rings. The van der Waals surface area contributed by atoms with Crippen LogP contribution in [0.2, 0.25) is 0 Å². The summed E-state index contributed by atoms with van der Waals surface area (Å²) in [6, 6.07) is 0. The van der Waals surface area contributed by atoms with E-state index in [1.54, 1.807) is 0 Å². The first-order valence-electron chi connectivity index (χ1n) is 6.59. The van der Waals surface area contributed by atoms with Crippen molar-refractivity contribution < 1.29 is 14.3 Å². The summed E-state index contributed by atoms with van der Waals surface area (Å²) in [4.78, 5) is 25.6. The van der Waals surface area contributed by atoms with E-state index in [2.05, 4.69) is 0 Å². The van der Waals surface area contributed by atoms with Crippen LogP contribution in [-0.2, 0) is 14.3 Å². The maximum atomic E-state index is 11.4. The molecule has 0 saturated carbocycles. The molecule has 0 rings (SSSR count). The van der Waals surface area contributed by atoms with Crippen LogP contribution in [0.15, 0.2) is 0 Å². The van der Waals surface area contributed by atoms with Crippen molar-refractivity contribution in [1.29, 1.82) is 0 Å². The van der Waals surface area contributed by atoms with Crippen LogP contribution in [0, 0.1) is 24.7 Å². The van der Waals surface area contributed by atoms with Crippen LogP contribution in [-0.4, -0.2) is 74.1 Å². The maximum absolute atomic E-state index is 11.4. The van der Waals surface area contributed by atoms with E-state index in [-0.39, 0.29) is 0 Å². The maximum Gasteiger partial charge on any atom is 0.298 e. The van der Waals surface area contributed by atoms with Gasteiger partial charge >= 0.3 is 0 Å². The number of carbonyl (C=O) groups is 2. The number of nitrogens with two attached hydrogens (primary N) is 2. The molecule has 0 atom stereocenters. The quantitative estimate of drug-likeness (QED) is 0.353. The molecule has 2 amide bonds. The molecule has 7 heteroatoms. The lowest BCUT2D eigenvalue weighted by Gasteiger charge is -2.21. The Kier molecular flexibility index (Phi) is 10.6. The fourth-order valence-corrected chi connectivity index (χ4v) is 1.58. The number of amides is 2. The highest BCUT2D eigenvalue weighted by atomic mass is 16.5. The minimum Gasteiger partial charge on any atom is -0.378 e. The number of terminal acetylenes is 2. The van der Waals surface area contributed by atoms with Crippen molar-refractivity contribution in [1.82, 2.24) is 9.80 Å². The topological polar surface area (TPSA) is 102 Å². The molecule has 0 aromatic carbocycles. The zero-order chi connectivity index (χ0) is 16.1. The summed E-state index contributed by atoms with van der Waals surface area (Å²) in [5.74, 6) is 3.23. The van der Waals surface area contributed by atoms with Gasteiger partial charge in [-0.25, -0.2) is 0 Å². The number of rotatable bonds is 10. The minimum absolute atomic E-state index is 0.300. The summed E-state index contributed by atoms with van der Waals surface area (Å²) in [6.07, 6.45) is 10.1. The molecule has 7 nitrogen and oxygen atoms in total. The van der Waals surface area contributed by atoms with Crippen LogP contribution in [0.3, 0.4) is 0 Å². The predicted molar refractivity (Wildman–Crippen MR) is 79.8 cm³/mol. The number of hydrogen-bond acceptors (Lipinski definition) is 5. The second-order valence-corrected chi connectivity index (χ2v) is 4.06. The van der Waals surface area contributed by atoms with Crippen LogP contribution in [0.1, 0.15) is 0 Å². The molecule has 0 aromatic heterocycles. The predicted octanol–water partition coefficient (Wildman–Crippen LogP) is -2.16. The van der Waals surface area contributed by atoms with Gasteiger partial charge in [0, 0.05) is 39.3 Å². The van der Waals surface area contributed by atoms with E-state index in [0.717, 1.165) is 0 Å². The first-order valence-corrected chi connectivity index (χ1v) is 6.59. The Labute approximate surface area is 125 Å². The molecule has 0 radical (unpaired) electrons. The van der Waals surface area contributed by atoms with Gasteiger partial charge in [-0.3, -0.25) is 9.59 Å². The van der Waals surface area contributed by atoms with Gasteiger partial charge in [-0.15, -0.1) is 12.8 Å². The van der Waals surface area contributed by atoms with E-state index in [1.807, 2.05) is 11.8 Å². The van der Waals surface area contributed by atoms with Gasteiger partial charge in [-0.2, -0.15) is 0 Å². The van der Waals surface area contributed by atoms with Crippen molar-refractivity contribution in [3.8, 4) is 24.7 Å². The lowest BCUT2D eigenvalue weighted by atomic mass is 10.4. The van der Waals surface area contributed by atoms with E-state index in [9.17, 15) is 9.59 Å². The van der Waals surface area contributed by atoms with Gasteiger partial charge in [-0.05, 0) is 11.8 Å². The molecular formula is C14H22N4O3. The Bertz CT molecular complexity index is 373. The summed E-state index contributed by atoms with van der Waals surface area (Å²) in [7, 11) is 0. The summed E-state index contributed by atoms with van der Waals surface area (Å²) >= 11 is 0. The van der Waals surface area contributed by atoms with Gasteiger partial charge in [0.05, 0.1) is 13.2 Å². The van der Waals surface area contributed by atoms with Crippen LogP contribution >= 0.6 is 0 Å². The number of hydrogen-bond donors (Lipinski definition) is 2. The van der Waals surface area contributed by atoms with Gasteiger partial charge in [0.2, 0.25) is 0 Å². The van der Waals surface area contributed by atoms with Crippen LogP contribution in [0.4, 0.5) is 0 Å². The second kappa shape index (κ2) is 11.7. The third-order valence-corrected chi connectivity index (χ3v) is 2.63. The molecule has 116 valence electrons. The highest BCUT2D eigenvalue weighted by molar-refractivity contribution is 5.93. The third-order valence-electron chi connectivity index (χ3n) is 2.63. The molecule has 0 unspecified atom stereocenters. The van der Waals surface area contributed by atoms with Gasteiger partial charge in [0.15, 0.2) is 0 Å². The molecule has 0 aliphatic heterocycles. The van der Waals surface area contributed by atoms with E-state index in [0.29, 0.717) is 52.5 Å². The van der Waals surface area contributed by atoms with Crippen molar-refractivity contribution in [2.45, 2.75) is 0 Å². The van der Waals surface area contributed by atoms with E-state index in [4.69, 9.17) is 29.1 Å². The first kappa shape index (κ1) is 18.9. The SMILES string of the molecule is C#CC(=O)N(CCN)CCOCCN(CCN)C(=O)C#C. The largest absolute Gasteiger partial charge is 0.378 e. The number of nitrogens with zero attached hydrogens (tertiary/aromatic N) is 2.